The van der Waals surface area contributed by atoms with Gasteiger partial charge in [-0.3, -0.25) is 4.79 Å². The molecule has 4 fully saturated rings. The number of carbonyl (C=O) groups is 1. The van der Waals surface area contributed by atoms with Crippen molar-refractivity contribution < 1.29 is 27.4 Å². The van der Waals surface area contributed by atoms with Gasteiger partial charge in [0.15, 0.2) is 0 Å². The third-order valence-corrected chi connectivity index (χ3v) is 9.79. The summed E-state index contributed by atoms with van der Waals surface area (Å²) in [5, 5.41) is 3.63. The topological polar surface area (TPSA) is 60.5 Å². The number of pyridine rings is 1. The minimum atomic E-state index is -4.54. The maximum Gasteiger partial charge on any atom is 0.420 e. The zero-order valence-electron chi connectivity index (χ0n) is 21.4. The maximum atomic E-state index is 14.3. The molecular formula is C29H35F3N2O3. The molecule has 5 atom stereocenters. The van der Waals surface area contributed by atoms with Crippen molar-refractivity contribution in [2.45, 2.75) is 83.0 Å². The molecule has 200 valence electrons. The molecule has 0 aliphatic heterocycles. The van der Waals surface area contributed by atoms with Crippen LogP contribution in [-0.4, -0.2) is 30.2 Å². The summed E-state index contributed by atoms with van der Waals surface area (Å²) in [7, 11) is 1.44. The number of hydrogen-bond donors (Lipinski definition) is 1. The Morgan fingerprint density at radius 3 is 2.57 bits per heavy atom. The van der Waals surface area contributed by atoms with Crippen LogP contribution in [0.3, 0.4) is 0 Å². The zero-order valence-corrected chi connectivity index (χ0v) is 21.4. The van der Waals surface area contributed by atoms with Crippen molar-refractivity contribution in [3.63, 3.8) is 0 Å². The van der Waals surface area contributed by atoms with Crippen LogP contribution in [0.1, 0.15) is 70.3 Å². The normalized spacial score (nSPS) is 34.6. The molecule has 5 nitrogen and oxygen atoms in total. The lowest BCUT2D eigenvalue weighted by Crippen LogP contribution is -2.42. The molecule has 4 aliphatic rings. The lowest BCUT2D eigenvalue weighted by Gasteiger charge is -2.38. The Morgan fingerprint density at radius 1 is 1.11 bits per heavy atom. The highest BCUT2D eigenvalue weighted by Gasteiger charge is 2.69. The van der Waals surface area contributed by atoms with E-state index in [1.54, 1.807) is 12.1 Å². The summed E-state index contributed by atoms with van der Waals surface area (Å²) in [4.78, 5) is 16.8. The molecule has 2 aromatic rings. The lowest BCUT2D eigenvalue weighted by molar-refractivity contribution is -0.147. The summed E-state index contributed by atoms with van der Waals surface area (Å²) < 4.78 is 53.7. The van der Waals surface area contributed by atoms with E-state index in [-0.39, 0.29) is 40.6 Å². The van der Waals surface area contributed by atoms with Crippen molar-refractivity contribution in [3.05, 3.63) is 29.8 Å². The molecule has 1 N–H and O–H groups in total. The number of esters is 1. The molecule has 1 heterocycles. The average Bonchev–Trinajstić information content (AvgIpc) is 3.52. The van der Waals surface area contributed by atoms with E-state index >= 15 is 0 Å². The number of fused-ring (bicyclic) bond motifs is 2. The third kappa shape index (κ3) is 4.34. The van der Waals surface area contributed by atoms with Crippen LogP contribution in [0, 0.1) is 29.1 Å². The fourth-order valence-electron chi connectivity index (χ4n) is 7.85. The number of hydrogen-bond acceptors (Lipinski definition) is 5. The Bertz CT molecular complexity index is 1190. The van der Waals surface area contributed by atoms with Crippen LogP contribution < -0.4 is 10.1 Å². The number of anilines is 1. The molecule has 2 bridgehead atoms. The molecule has 5 unspecified atom stereocenters. The smallest absolute Gasteiger partial charge is 0.420 e. The molecule has 1 aromatic heterocycles. The van der Waals surface area contributed by atoms with Crippen LogP contribution in [-0.2, 0) is 15.7 Å². The van der Waals surface area contributed by atoms with E-state index in [1.807, 2.05) is 0 Å². The molecule has 8 heteroatoms. The van der Waals surface area contributed by atoms with Crippen LogP contribution in [0.5, 0.6) is 5.75 Å². The van der Waals surface area contributed by atoms with Crippen molar-refractivity contribution >= 4 is 22.7 Å². The number of halogens is 3. The SMILES string of the molecule is CCC1CCC(Oc2ccc3nc(NC4C5CC(C(=O)OC)CC46CC6C5)ccc3c2C(F)(F)F)CC1. The molecule has 6 rings (SSSR count). The number of alkyl halides is 3. The van der Waals surface area contributed by atoms with Crippen LogP contribution in [0.25, 0.3) is 10.9 Å². The monoisotopic (exact) mass is 516 g/mol. The van der Waals surface area contributed by atoms with E-state index in [1.165, 1.54) is 19.2 Å². The highest BCUT2D eigenvalue weighted by atomic mass is 19.4. The van der Waals surface area contributed by atoms with Gasteiger partial charge in [0.25, 0.3) is 0 Å². The van der Waals surface area contributed by atoms with Gasteiger partial charge >= 0.3 is 12.1 Å². The largest absolute Gasteiger partial charge is 0.490 e. The van der Waals surface area contributed by atoms with Gasteiger partial charge in [0.05, 0.1) is 24.6 Å². The number of ether oxygens (including phenoxy) is 2. The Balaban J connectivity index is 1.24. The standard InChI is InChI=1S/C29H35F3N2O3/c1-3-16-4-6-20(7-5-16)37-23-10-9-22-21(25(23)29(30,31)32)8-11-24(33-22)34-26-17-12-18(27(35)36-2)14-28(26)15-19(28)13-17/h8-11,16-20,26H,3-7,12-15H2,1-2H3,(H,33,34). The number of nitrogens with zero attached hydrogens (tertiary/aromatic N) is 1. The van der Waals surface area contributed by atoms with Gasteiger partial charge < -0.3 is 14.8 Å². The number of rotatable bonds is 6. The van der Waals surface area contributed by atoms with E-state index in [9.17, 15) is 18.0 Å². The number of carbonyl (C=O) groups excluding carboxylic acids is 1. The number of nitrogens with one attached hydrogen (secondary N) is 1. The average molecular weight is 517 g/mol. The number of methoxy groups -OCH3 is 1. The summed E-state index contributed by atoms with van der Waals surface area (Å²) in [6.07, 6.45) is 3.71. The van der Waals surface area contributed by atoms with Gasteiger partial charge in [-0.05, 0) is 98.8 Å². The van der Waals surface area contributed by atoms with Crippen LogP contribution in [0.15, 0.2) is 24.3 Å². The molecule has 4 aliphatic carbocycles. The summed E-state index contributed by atoms with van der Waals surface area (Å²) in [5.41, 5.74) is -0.356. The third-order valence-electron chi connectivity index (χ3n) is 9.79. The van der Waals surface area contributed by atoms with E-state index in [4.69, 9.17) is 9.47 Å². The zero-order chi connectivity index (χ0) is 25.9. The minimum absolute atomic E-state index is 0.0603. The lowest BCUT2D eigenvalue weighted by atomic mass is 9.73. The molecule has 0 saturated heterocycles. The van der Waals surface area contributed by atoms with Gasteiger partial charge in [-0.2, -0.15) is 13.2 Å². The van der Waals surface area contributed by atoms with Crippen molar-refractivity contribution in [2.24, 2.45) is 29.1 Å². The second kappa shape index (κ2) is 9.05. The van der Waals surface area contributed by atoms with Gasteiger partial charge in [0, 0.05) is 11.4 Å². The van der Waals surface area contributed by atoms with Crippen molar-refractivity contribution in [1.29, 1.82) is 0 Å². The van der Waals surface area contributed by atoms with Gasteiger partial charge in [0.2, 0.25) is 0 Å². The van der Waals surface area contributed by atoms with Gasteiger partial charge in [-0.15, -0.1) is 0 Å². The van der Waals surface area contributed by atoms with E-state index in [2.05, 4.69) is 17.2 Å². The molecular weight excluding hydrogens is 481 g/mol. The molecule has 1 spiro atoms. The predicted octanol–water partition coefficient (Wildman–Crippen LogP) is 6.99. The highest BCUT2D eigenvalue weighted by Crippen LogP contribution is 2.72. The van der Waals surface area contributed by atoms with E-state index < -0.39 is 11.7 Å². The molecule has 1 aromatic carbocycles. The predicted molar refractivity (Wildman–Crippen MR) is 134 cm³/mol. The summed E-state index contributed by atoms with van der Waals surface area (Å²) >= 11 is 0. The Labute approximate surface area is 215 Å². The molecule has 37 heavy (non-hydrogen) atoms. The highest BCUT2D eigenvalue weighted by molar-refractivity contribution is 5.86. The number of benzene rings is 1. The van der Waals surface area contributed by atoms with Crippen molar-refractivity contribution in [3.8, 4) is 5.75 Å². The van der Waals surface area contributed by atoms with Gasteiger partial charge in [-0.25, -0.2) is 4.98 Å². The minimum Gasteiger partial charge on any atom is -0.490 e. The summed E-state index contributed by atoms with van der Waals surface area (Å²) in [6, 6.07) is 6.45. The Morgan fingerprint density at radius 2 is 1.89 bits per heavy atom. The molecule has 0 amide bonds. The first-order valence-corrected chi connectivity index (χ1v) is 13.7. The number of aromatic nitrogens is 1. The van der Waals surface area contributed by atoms with Crippen molar-refractivity contribution in [2.75, 3.05) is 12.4 Å². The molecule has 4 saturated carbocycles. The van der Waals surface area contributed by atoms with Crippen LogP contribution in [0.4, 0.5) is 19.0 Å². The quantitative estimate of drug-likeness (QED) is 0.419. The summed E-state index contributed by atoms with van der Waals surface area (Å²) in [5.74, 6) is 1.90. The van der Waals surface area contributed by atoms with E-state index in [0.29, 0.717) is 29.1 Å². The second-order valence-corrected chi connectivity index (χ2v) is 11.8. The maximum absolute atomic E-state index is 14.3. The van der Waals surface area contributed by atoms with Gasteiger partial charge in [0.1, 0.15) is 17.1 Å². The Kier molecular flexibility index (Phi) is 6.07. The fraction of sp³-hybridized carbons (Fsp3) is 0.655. The molecule has 0 radical (unpaired) electrons. The van der Waals surface area contributed by atoms with E-state index in [0.717, 1.165) is 57.8 Å². The van der Waals surface area contributed by atoms with Crippen molar-refractivity contribution in [1.82, 2.24) is 4.98 Å². The first-order chi connectivity index (χ1) is 17.7. The fourth-order valence-corrected chi connectivity index (χ4v) is 7.85. The van der Waals surface area contributed by atoms with Crippen LogP contribution in [0.2, 0.25) is 0 Å². The van der Waals surface area contributed by atoms with Crippen LogP contribution >= 0.6 is 0 Å². The first kappa shape index (κ1) is 24.8. The van der Waals surface area contributed by atoms with Gasteiger partial charge in [-0.1, -0.05) is 13.3 Å². The second-order valence-electron chi connectivity index (χ2n) is 11.8. The first-order valence-electron chi connectivity index (χ1n) is 13.7. The Hall–Kier alpha value is -2.51. The summed E-state index contributed by atoms with van der Waals surface area (Å²) in [6.45, 7) is 2.16.